The molecule has 4 nitrogen and oxygen atoms in total. The van der Waals surface area contributed by atoms with Crippen molar-refractivity contribution in [1.29, 1.82) is 0 Å². The summed E-state index contributed by atoms with van der Waals surface area (Å²) in [4.78, 5) is 14.5. The summed E-state index contributed by atoms with van der Waals surface area (Å²) in [6.45, 7) is 10.6. The van der Waals surface area contributed by atoms with E-state index in [4.69, 9.17) is 4.74 Å². The van der Waals surface area contributed by atoms with Gasteiger partial charge in [0.2, 0.25) is 5.91 Å². The van der Waals surface area contributed by atoms with Gasteiger partial charge in [-0.2, -0.15) is 0 Å². The molecule has 0 aliphatic carbocycles. The van der Waals surface area contributed by atoms with Crippen molar-refractivity contribution in [2.75, 3.05) is 32.8 Å². The first-order valence-electron chi connectivity index (χ1n) is 8.40. The van der Waals surface area contributed by atoms with Gasteiger partial charge in [0.05, 0.1) is 13.2 Å². The van der Waals surface area contributed by atoms with Crippen LogP contribution in [-0.2, 0) is 9.53 Å². The number of morpholine rings is 1. The minimum atomic E-state index is -0.0367. The van der Waals surface area contributed by atoms with E-state index in [9.17, 15) is 4.79 Å². The summed E-state index contributed by atoms with van der Waals surface area (Å²) in [5.74, 6) is 0.458. The van der Waals surface area contributed by atoms with Crippen LogP contribution >= 0.6 is 0 Å². The Labute approximate surface area is 139 Å². The van der Waals surface area contributed by atoms with Crippen LogP contribution < -0.4 is 5.32 Å². The maximum Gasteiger partial charge on any atom is 0.244 e. The maximum absolute atomic E-state index is 12.1. The van der Waals surface area contributed by atoms with E-state index >= 15 is 0 Å². The summed E-state index contributed by atoms with van der Waals surface area (Å²) in [7, 11) is 0. The van der Waals surface area contributed by atoms with E-state index in [0.29, 0.717) is 18.5 Å². The largest absolute Gasteiger partial charge is 0.379 e. The van der Waals surface area contributed by atoms with Crippen molar-refractivity contribution >= 4 is 12.0 Å². The molecule has 0 spiro atoms. The van der Waals surface area contributed by atoms with Gasteiger partial charge in [0, 0.05) is 31.8 Å². The highest BCUT2D eigenvalue weighted by Crippen LogP contribution is 2.12. The highest BCUT2D eigenvalue weighted by Gasteiger charge is 2.23. The molecule has 0 unspecified atom stereocenters. The van der Waals surface area contributed by atoms with Gasteiger partial charge in [-0.1, -0.05) is 43.7 Å². The summed E-state index contributed by atoms with van der Waals surface area (Å²) in [5.41, 5.74) is 2.24. The minimum Gasteiger partial charge on any atom is -0.379 e. The fourth-order valence-corrected chi connectivity index (χ4v) is 2.91. The molecular weight excluding hydrogens is 288 g/mol. The number of nitrogens with zero attached hydrogens (tertiary/aromatic N) is 1. The van der Waals surface area contributed by atoms with Crippen LogP contribution in [0.25, 0.3) is 6.08 Å². The maximum atomic E-state index is 12.1. The third-order valence-corrected chi connectivity index (χ3v) is 4.24. The third-order valence-electron chi connectivity index (χ3n) is 4.24. The Bertz CT molecular complexity index is 534. The summed E-state index contributed by atoms with van der Waals surface area (Å²) in [6, 6.07) is 8.47. The van der Waals surface area contributed by atoms with E-state index in [1.807, 2.05) is 31.2 Å². The summed E-state index contributed by atoms with van der Waals surface area (Å²) < 4.78 is 5.41. The van der Waals surface area contributed by atoms with Crippen LogP contribution in [-0.4, -0.2) is 49.7 Å². The lowest BCUT2D eigenvalue weighted by atomic mass is 10.0. The van der Waals surface area contributed by atoms with Crippen LogP contribution in [0.5, 0.6) is 0 Å². The molecule has 1 aromatic carbocycles. The number of carbonyl (C=O) groups excluding carboxylic acids is 1. The van der Waals surface area contributed by atoms with Crippen molar-refractivity contribution in [3.63, 3.8) is 0 Å². The molecule has 2 rings (SSSR count). The lowest BCUT2D eigenvalue weighted by molar-refractivity contribution is -0.116. The number of carbonyl (C=O) groups is 1. The Morgan fingerprint density at radius 3 is 2.74 bits per heavy atom. The molecule has 4 heteroatoms. The first kappa shape index (κ1) is 17.7. The van der Waals surface area contributed by atoms with Crippen molar-refractivity contribution in [3.8, 4) is 0 Å². The van der Waals surface area contributed by atoms with Gasteiger partial charge >= 0.3 is 0 Å². The summed E-state index contributed by atoms with van der Waals surface area (Å²) >= 11 is 0. The average molecular weight is 316 g/mol. The van der Waals surface area contributed by atoms with Crippen molar-refractivity contribution in [1.82, 2.24) is 10.2 Å². The van der Waals surface area contributed by atoms with Gasteiger partial charge in [0.1, 0.15) is 0 Å². The van der Waals surface area contributed by atoms with Gasteiger partial charge in [-0.15, -0.1) is 0 Å². The Morgan fingerprint density at radius 1 is 1.35 bits per heavy atom. The van der Waals surface area contributed by atoms with Gasteiger partial charge in [0.25, 0.3) is 0 Å². The highest BCUT2D eigenvalue weighted by molar-refractivity contribution is 5.91. The van der Waals surface area contributed by atoms with E-state index < -0.39 is 0 Å². The van der Waals surface area contributed by atoms with Gasteiger partial charge in [-0.3, -0.25) is 9.69 Å². The monoisotopic (exact) mass is 316 g/mol. The Balaban J connectivity index is 1.86. The molecule has 1 atom stereocenters. The van der Waals surface area contributed by atoms with Gasteiger partial charge in [-0.25, -0.2) is 0 Å². The Kier molecular flexibility index (Phi) is 6.81. The van der Waals surface area contributed by atoms with E-state index in [1.54, 1.807) is 6.08 Å². The van der Waals surface area contributed by atoms with Gasteiger partial charge in [-0.05, 0) is 24.5 Å². The molecule has 0 saturated carbocycles. The molecule has 1 aliphatic rings. The molecule has 0 aromatic heterocycles. The van der Waals surface area contributed by atoms with Gasteiger partial charge in [0.15, 0.2) is 0 Å². The van der Waals surface area contributed by atoms with E-state index in [0.717, 1.165) is 31.9 Å². The van der Waals surface area contributed by atoms with Crippen molar-refractivity contribution in [2.45, 2.75) is 26.8 Å². The lowest BCUT2D eigenvalue weighted by Gasteiger charge is -2.36. The zero-order chi connectivity index (χ0) is 16.7. The minimum absolute atomic E-state index is 0.0367. The lowest BCUT2D eigenvalue weighted by Crippen LogP contribution is -2.51. The fourth-order valence-electron chi connectivity index (χ4n) is 2.91. The number of hydrogen-bond acceptors (Lipinski definition) is 3. The van der Waals surface area contributed by atoms with Crippen molar-refractivity contribution in [2.24, 2.45) is 5.92 Å². The molecule has 1 saturated heterocycles. The van der Waals surface area contributed by atoms with E-state index in [1.165, 1.54) is 5.56 Å². The van der Waals surface area contributed by atoms with Crippen LogP contribution in [0, 0.1) is 12.8 Å². The number of benzene rings is 1. The smallest absolute Gasteiger partial charge is 0.244 e. The topological polar surface area (TPSA) is 41.6 Å². The van der Waals surface area contributed by atoms with Crippen LogP contribution in [0.4, 0.5) is 0 Å². The molecular formula is C19H28N2O2. The van der Waals surface area contributed by atoms with Crippen LogP contribution in [0.2, 0.25) is 0 Å². The first-order valence-corrected chi connectivity index (χ1v) is 8.40. The molecule has 1 fully saturated rings. The molecule has 1 heterocycles. The molecule has 0 radical (unpaired) electrons. The number of ether oxygens (including phenoxy) is 1. The SMILES string of the molecule is Cc1cccc(/C=C/C(=O)NC[C@H](C(C)C)N2CCOCC2)c1. The number of rotatable bonds is 6. The summed E-state index contributed by atoms with van der Waals surface area (Å²) in [5, 5.41) is 3.04. The number of hydrogen-bond donors (Lipinski definition) is 1. The Morgan fingerprint density at radius 2 is 2.09 bits per heavy atom. The number of amides is 1. The fraction of sp³-hybridized carbons (Fsp3) is 0.526. The quantitative estimate of drug-likeness (QED) is 0.820. The molecule has 23 heavy (non-hydrogen) atoms. The second-order valence-corrected chi connectivity index (χ2v) is 6.45. The van der Waals surface area contributed by atoms with Crippen molar-refractivity contribution in [3.05, 3.63) is 41.5 Å². The number of aryl methyl sites for hydroxylation is 1. The summed E-state index contributed by atoms with van der Waals surface area (Å²) in [6.07, 6.45) is 3.48. The predicted molar refractivity (Wildman–Crippen MR) is 94.2 cm³/mol. The number of nitrogens with one attached hydrogen (secondary N) is 1. The average Bonchev–Trinajstić information content (AvgIpc) is 2.54. The molecule has 126 valence electrons. The molecule has 1 aliphatic heterocycles. The van der Waals surface area contributed by atoms with Crippen LogP contribution in [0.1, 0.15) is 25.0 Å². The Hall–Kier alpha value is -1.65. The van der Waals surface area contributed by atoms with E-state index in [-0.39, 0.29) is 5.91 Å². The third kappa shape index (κ3) is 5.81. The van der Waals surface area contributed by atoms with Crippen LogP contribution in [0.3, 0.4) is 0 Å². The van der Waals surface area contributed by atoms with Crippen molar-refractivity contribution < 1.29 is 9.53 Å². The predicted octanol–water partition coefficient (Wildman–Crippen LogP) is 2.48. The second kappa shape index (κ2) is 8.85. The zero-order valence-electron chi connectivity index (χ0n) is 14.4. The standard InChI is InChI=1S/C19H28N2O2/c1-15(2)18(21-9-11-23-12-10-21)14-20-19(22)8-7-17-6-4-5-16(3)13-17/h4-8,13,15,18H,9-12,14H2,1-3H3,(H,20,22)/b8-7+/t18-/m1/s1. The second-order valence-electron chi connectivity index (χ2n) is 6.45. The normalized spacial score (nSPS) is 17.6. The van der Waals surface area contributed by atoms with Gasteiger partial charge < -0.3 is 10.1 Å². The zero-order valence-corrected chi connectivity index (χ0v) is 14.4. The molecule has 1 N–H and O–H groups in total. The van der Waals surface area contributed by atoms with Crippen LogP contribution in [0.15, 0.2) is 30.3 Å². The molecule has 1 amide bonds. The first-order chi connectivity index (χ1) is 11.1. The molecule has 1 aromatic rings. The van der Waals surface area contributed by atoms with E-state index in [2.05, 4.69) is 30.1 Å². The highest BCUT2D eigenvalue weighted by atomic mass is 16.5. The molecule has 0 bridgehead atoms.